The van der Waals surface area contributed by atoms with Crippen molar-refractivity contribution in [3.05, 3.63) is 0 Å². The first kappa shape index (κ1) is 30.6. The average Bonchev–Trinajstić information content (AvgIpc) is 2.83. The fraction of sp³-hybridized carbons (Fsp3) is 1.00. The van der Waals surface area contributed by atoms with Crippen molar-refractivity contribution in [3.63, 3.8) is 0 Å². The van der Waals surface area contributed by atoms with E-state index in [0.717, 1.165) is 82.8 Å². The Hall–Kier alpha value is 0.0649. The van der Waals surface area contributed by atoms with E-state index in [1.54, 1.807) is 0 Å². The molecule has 0 aromatic heterocycles. The molecule has 3 saturated carbocycles. The Labute approximate surface area is 229 Å². The molecule has 0 saturated heterocycles. The van der Waals surface area contributed by atoms with Gasteiger partial charge < -0.3 is 0 Å². The lowest BCUT2D eigenvalue weighted by Crippen LogP contribution is -2.32. The highest BCUT2D eigenvalue weighted by molar-refractivity contribution is 6.11. The summed E-state index contributed by atoms with van der Waals surface area (Å²) in [5.41, 5.74) is 0. The zero-order chi connectivity index (χ0) is 26.6. The fourth-order valence-electron chi connectivity index (χ4n) is 9.35. The summed E-state index contributed by atoms with van der Waals surface area (Å²) < 4.78 is 0. The molecule has 0 aliphatic heterocycles. The molecule has 0 amide bonds. The Morgan fingerprint density at radius 3 is 1.14 bits per heavy atom. The van der Waals surface area contributed by atoms with Gasteiger partial charge >= 0.3 is 0 Å². The molecule has 3 rings (SSSR count). The largest absolute Gasteiger partial charge is 0.105 e. The maximum atomic E-state index is 2.64. The molecule has 0 bridgehead atoms. The molecule has 0 aromatic carbocycles. The van der Waals surface area contributed by atoms with Gasteiger partial charge in [-0.3, -0.25) is 0 Å². The summed E-state index contributed by atoms with van der Waals surface area (Å²) in [6.45, 7) is 22.5. The van der Waals surface area contributed by atoms with Crippen molar-refractivity contribution in [2.75, 3.05) is 0 Å². The van der Waals surface area contributed by atoms with Crippen LogP contribution >= 0.6 is 0 Å². The summed E-state index contributed by atoms with van der Waals surface area (Å²) in [5, 5.41) is 0. The highest BCUT2D eigenvalue weighted by atomic mass is 14.4. The van der Waals surface area contributed by atoms with Crippen LogP contribution in [0, 0.1) is 76.9 Å². The van der Waals surface area contributed by atoms with Crippen molar-refractivity contribution in [2.24, 2.45) is 76.9 Å². The second-order valence-corrected chi connectivity index (χ2v) is 16.3. The summed E-state index contributed by atoms with van der Waals surface area (Å²) >= 11 is 0. The van der Waals surface area contributed by atoms with Crippen LogP contribution in [-0.2, 0) is 0 Å². The zero-order valence-corrected chi connectivity index (χ0v) is 26.6. The summed E-state index contributed by atoms with van der Waals surface area (Å²) in [6.07, 6.45) is 18.2. The highest BCUT2D eigenvalue weighted by Gasteiger charge is 2.36. The summed E-state index contributed by atoms with van der Waals surface area (Å²) in [5.74, 6) is 13.3. The van der Waals surface area contributed by atoms with Crippen LogP contribution in [0.3, 0.4) is 0 Å². The molecular weight excluding hydrogens is 431 g/mol. The van der Waals surface area contributed by atoms with Crippen LogP contribution < -0.4 is 0 Å². The molecule has 6 unspecified atom stereocenters. The molecular formula is C35H67B. The summed E-state index contributed by atoms with van der Waals surface area (Å²) in [7, 11) is 2.64. The topological polar surface area (TPSA) is 0 Å². The third-order valence-corrected chi connectivity index (χ3v) is 12.4. The Bertz CT molecular complexity index is 526. The fourth-order valence-corrected chi connectivity index (χ4v) is 9.35. The Kier molecular flexibility index (Phi) is 11.8. The van der Waals surface area contributed by atoms with Gasteiger partial charge in [-0.15, -0.1) is 0 Å². The first-order chi connectivity index (χ1) is 16.9. The molecule has 0 N–H and O–H groups in total. The molecule has 1 heteroatoms. The Morgan fingerprint density at radius 1 is 0.444 bits per heavy atom. The van der Waals surface area contributed by atoms with Gasteiger partial charge in [0.05, 0.1) is 0 Å². The van der Waals surface area contributed by atoms with Gasteiger partial charge in [-0.2, -0.15) is 0 Å². The van der Waals surface area contributed by atoms with Gasteiger partial charge in [0.25, 0.3) is 0 Å². The maximum absolute atomic E-state index is 2.64. The monoisotopic (exact) mass is 499 g/mol. The molecule has 3 fully saturated rings. The Balaban J connectivity index is 1.46. The lowest BCUT2D eigenvalue weighted by Gasteiger charge is -2.42. The van der Waals surface area contributed by atoms with E-state index in [2.05, 4.69) is 70.2 Å². The van der Waals surface area contributed by atoms with E-state index < -0.39 is 0 Å². The summed E-state index contributed by atoms with van der Waals surface area (Å²) in [4.78, 5) is 0. The molecule has 0 aromatic rings. The molecule has 36 heavy (non-hydrogen) atoms. The van der Waals surface area contributed by atoms with Gasteiger partial charge in [0.15, 0.2) is 0 Å². The van der Waals surface area contributed by atoms with Gasteiger partial charge in [-0.05, 0) is 135 Å². The standard InChI is InChI=1S/C35H67B/c1-22(2)31-15-27(16-32(20-31)23(3)4)14-26(9)29-10-12-30(13-11-29)35(36)19-28-17-33(24(5)6)21-34(18-28)25(7)8/h22-35H,10-21,36H2,1-9H3. The minimum Gasteiger partial charge on any atom is -0.0667 e. The third kappa shape index (κ3) is 8.53. The van der Waals surface area contributed by atoms with E-state index in [1.807, 2.05) is 0 Å². The van der Waals surface area contributed by atoms with Gasteiger partial charge in [-0.25, -0.2) is 0 Å². The van der Waals surface area contributed by atoms with Crippen LogP contribution in [-0.4, -0.2) is 7.85 Å². The van der Waals surface area contributed by atoms with E-state index in [9.17, 15) is 0 Å². The second-order valence-electron chi connectivity index (χ2n) is 16.3. The average molecular weight is 499 g/mol. The van der Waals surface area contributed by atoms with Crippen LogP contribution in [0.1, 0.15) is 139 Å². The number of hydrogen-bond acceptors (Lipinski definition) is 0. The van der Waals surface area contributed by atoms with E-state index in [1.165, 1.54) is 77.0 Å². The Morgan fingerprint density at radius 2 is 0.778 bits per heavy atom. The van der Waals surface area contributed by atoms with Crippen LogP contribution in [0.15, 0.2) is 0 Å². The van der Waals surface area contributed by atoms with Crippen molar-refractivity contribution >= 4 is 7.85 Å². The molecule has 0 spiro atoms. The predicted octanol–water partition coefficient (Wildman–Crippen LogP) is 10.3. The first-order valence-corrected chi connectivity index (χ1v) is 16.9. The summed E-state index contributed by atoms with van der Waals surface area (Å²) in [6, 6.07) is 0. The van der Waals surface area contributed by atoms with Crippen molar-refractivity contribution in [3.8, 4) is 0 Å². The predicted molar refractivity (Wildman–Crippen MR) is 164 cm³/mol. The SMILES string of the molecule is BC(CC1CC(C(C)C)CC(C(C)C)C1)C1CCC(C(C)CC2CC(C(C)C)CC(C(C)C)C2)CC1. The van der Waals surface area contributed by atoms with Crippen molar-refractivity contribution in [1.29, 1.82) is 0 Å². The number of hydrogen-bond donors (Lipinski definition) is 0. The highest BCUT2D eigenvalue weighted by Crippen LogP contribution is 2.48. The van der Waals surface area contributed by atoms with Gasteiger partial charge in [0.1, 0.15) is 7.85 Å². The molecule has 210 valence electrons. The van der Waals surface area contributed by atoms with Crippen molar-refractivity contribution in [1.82, 2.24) is 0 Å². The minimum atomic E-state index is 0.872. The van der Waals surface area contributed by atoms with Gasteiger partial charge in [0, 0.05) is 0 Å². The first-order valence-electron chi connectivity index (χ1n) is 16.9. The molecule has 6 atom stereocenters. The molecule has 0 nitrogen and oxygen atoms in total. The number of rotatable bonds is 10. The van der Waals surface area contributed by atoms with Crippen LogP contribution in [0.5, 0.6) is 0 Å². The quantitative estimate of drug-likeness (QED) is 0.263. The van der Waals surface area contributed by atoms with E-state index in [0.29, 0.717) is 0 Å². The van der Waals surface area contributed by atoms with Crippen LogP contribution in [0.25, 0.3) is 0 Å². The van der Waals surface area contributed by atoms with Crippen molar-refractivity contribution < 1.29 is 0 Å². The minimum absolute atomic E-state index is 0.872. The second kappa shape index (κ2) is 13.9. The smallest absolute Gasteiger partial charge is 0.0667 e. The molecule has 3 aliphatic rings. The third-order valence-electron chi connectivity index (χ3n) is 12.4. The van der Waals surface area contributed by atoms with Gasteiger partial charge in [0.2, 0.25) is 0 Å². The van der Waals surface area contributed by atoms with E-state index >= 15 is 0 Å². The van der Waals surface area contributed by atoms with E-state index in [-0.39, 0.29) is 0 Å². The van der Waals surface area contributed by atoms with Crippen molar-refractivity contribution in [2.45, 2.75) is 145 Å². The van der Waals surface area contributed by atoms with E-state index in [4.69, 9.17) is 0 Å². The zero-order valence-electron chi connectivity index (χ0n) is 26.6. The molecule has 3 aliphatic carbocycles. The molecule has 0 heterocycles. The van der Waals surface area contributed by atoms with Crippen LogP contribution in [0.2, 0.25) is 5.82 Å². The molecule has 0 radical (unpaired) electrons. The normalized spacial score (nSPS) is 38.1. The maximum Gasteiger partial charge on any atom is 0.105 e. The van der Waals surface area contributed by atoms with Gasteiger partial charge in [-0.1, -0.05) is 87.4 Å². The van der Waals surface area contributed by atoms with Crippen LogP contribution in [0.4, 0.5) is 0 Å². The lowest BCUT2D eigenvalue weighted by atomic mass is 9.60. The lowest BCUT2D eigenvalue weighted by molar-refractivity contribution is 0.0943.